The highest BCUT2D eigenvalue weighted by Gasteiger charge is 2.22. The number of hydrogen-bond acceptors (Lipinski definition) is 4. The minimum absolute atomic E-state index is 0.0375. The van der Waals surface area contributed by atoms with Gasteiger partial charge in [-0.1, -0.05) is 36.7 Å². The van der Waals surface area contributed by atoms with Crippen molar-refractivity contribution in [3.05, 3.63) is 44.3 Å². The number of halogens is 1. The van der Waals surface area contributed by atoms with Crippen molar-refractivity contribution >= 4 is 27.3 Å². The summed E-state index contributed by atoms with van der Waals surface area (Å²) in [5.74, 6) is 0.785. The molecule has 0 amide bonds. The third-order valence-electron chi connectivity index (χ3n) is 3.08. The summed E-state index contributed by atoms with van der Waals surface area (Å²) in [6.07, 6.45) is 0. The van der Waals surface area contributed by atoms with Gasteiger partial charge in [0.25, 0.3) is 0 Å². The Bertz CT molecular complexity index is 604. The highest BCUT2D eigenvalue weighted by Crippen LogP contribution is 2.34. The molecule has 0 aliphatic rings. The summed E-state index contributed by atoms with van der Waals surface area (Å²) in [6.45, 7) is 6.45. The number of hydrogen-bond donors (Lipinski definition) is 1. The first-order valence-electron chi connectivity index (χ1n) is 6.38. The van der Waals surface area contributed by atoms with Crippen LogP contribution >= 0.6 is 27.3 Å². The number of aromatic nitrogens is 1. The Morgan fingerprint density at radius 2 is 2.05 bits per heavy atom. The Morgan fingerprint density at radius 3 is 2.60 bits per heavy atom. The molecule has 1 aromatic carbocycles. The summed E-state index contributed by atoms with van der Waals surface area (Å²) in [4.78, 5) is 4.69. The number of rotatable bonds is 3. The van der Waals surface area contributed by atoms with Gasteiger partial charge < -0.3 is 10.5 Å². The van der Waals surface area contributed by atoms with Crippen LogP contribution in [0.25, 0.3) is 0 Å². The molecule has 0 fully saturated rings. The maximum Gasteiger partial charge on any atom is 0.124 e. The van der Waals surface area contributed by atoms with Crippen LogP contribution in [0.4, 0.5) is 0 Å². The van der Waals surface area contributed by atoms with Crippen LogP contribution in [0.3, 0.4) is 0 Å². The summed E-state index contributed by atoms with van der Waals surface area (Å²) in [6, 6.07) is 5.57. The van der Waals surface area contributed by atoms with Crippen molar-refractivity contribution in [2.45, 2.75) is 32.2 Å². The van der Waals surface area contributed by atoms with Crippen LogP contribution in [0.2, 0.25) is 0 Å². The smallest absolute Gasteiger partial charge is 0.124 e. The van der Waals surface area contributed by atoms with E-state index in [1.54, 1.807) is 18.4 Å². The van der Waals surface area contributed by atoms with E-state index in [0.717, 1.165) is 26.5 Å². The molecule has 3 nitrogen and oxygen atoms in total. The van der Waals surface area contributed by atoms with Crippen LogP contribution in [-0.4, -0.2) is 12.1 Å². The first-order valence-corrected chi connectivity index (χ1v) is 8.05. The van der Waals surface area contributed by atoms with Crippen molar-refractivity contribution in [2.75, 3.05) is 7.11 Å². The van der Waals surface area contributed by atoms with Gasteiger partial charge in [-0.3, -0.25) is 0 Å². The van der Waals surface area contributed by atoms with Gasteiger partial charge in [-0.2, -0.15) is 0 Å². The van der Waals surface area contributed by atoms with Gasteiger partial charge in [-0.15, -0.1) is 11.3 Å². The molecule has 1 unspecified atom stereocenters. The van der Waals surface area contributed by atoms with Crippen molar-refractivity contribution in [3.8, 4) is 5.75 Å². The molecule has 1 atom stereocenters. The van der Waals surface area contributed by atoms with E-state index in [2.05, 4.69) is 47.1 Å². The molecule has 0 saturated carbocycles. The monoisotopic (exact) mass is 354 g/mol. The van der Waals surface area contributed by atoms with Gasteiger partial charge in [0.05, 0.1) is 18.8 Å². The molecular formula is C15H19BrN2OS. The largest absolute Gasteiger partial charge is 0.496 e. The van der Waals surface area contributed by atoms with Crippen LogP contribution in [0.1, 0.15) is 43.1 Å². The Labute approximate surface area is 132 Å². The molecule has 0 radical (unpaired) electrons. The number of benzene rings is 1. The summed E-state index contributed by atoms with van der Waals surface area (Å²) >= 11 is 5.07. The highest BCUT2D eigenvalue weighted by atomic mass is 79.9. The molecule has 0 spiro atoms. The zero-order valence-electron chi connectivity index (χ0n) is 12.1. The third kappa shape index (κ3) is 3.22. The molecule has 1 heterocycles. The molecule has 0 saturated heterocycles. The lowest BCUT2D eigenvalue weighted by Crippen LogP contribution is -2.15. The molecule has 0 aliphatic heterocycles. The summed E-state index contributed by atoms with van der Waals surface area (Å²) < 4.78 is 6.38. The van der Waals surface area contributed by atoms with E-state index >= 15 is 0 Å². The molecule has 0 bridgehead atoms. The van der Waals surface area contributed by atoms with Crippen LogP contribution in [0.15, 0.2) is 28.1 Å². The van der Waals surface area contributed by atoms with Gasteiger partial charge in [0.15, 0.2) is 0 Å². The number of nitrogens with zero attached hydrogens (tertiary/aromatic N) is 1. The molecule has 2 N–H and O–H groups in total. The third-order valence-corrected chi connectivity index (χ3v) is 4.50. The van der Waals surface area contributed by atoms with Crippen molar-refractivity contribution in [3.63, 3.8) is 0 Å². The van der Waals surface area contributed by atoms with Crippen LogP contribution in [0.5, 0.6) is 5.75 Å². The highest BCUT2D eigenvalue weighted by molar-refractivity contribution is 9.10. The van der Waals surface area contributed by atoms with Crippen molar-refractivity contribution in [2.24, 2.45) is 5.73 Å². The lowest BCUT2D eigenvalue weighted by molar-refractivity contribution is 0.407. The van der Waals surface area contributed by atoms with Crippen molar-refractivity contribution in [1.82, 2.24) is 4.98 Å². The minimum Gasteiger partial charge on any atom is -0.496 e. The van der Waals surface area contributed by atoms with Crippen LogP contribution < -0.4 is 10.5 Å². The second-order valence-corrected chi connectivity index (χ2v) is 7.49. The molecule has 20 heavy (non-hydrogen) atoms. The topological polar surface area (TPSA) is 48.1 Å². The van der Waals surface area contributed by atoms with Gasteiger partial charge in [0.2, 0.25) is 0 Å². The second-order valence-electron chi connectivity index (χ2n) is 5.68. The average Bonchev–Trinajstić information content (AvgIpc) is 2.87. The SMILES string of the molecule is COc1ccc(Br)cc1C(N)c1nc(C(C)(C)C)cs1. The lowest BCUT2D eigenvalue weighted by atomic mass is 9.93. The Balaban J connectivity index is 2.38. The first kappa shape index (κ1) is 15.5. The maximum atomic E-state index is 6.37. The normalized spacial score (nSPS) is 13.3. The average molecular weight is 355 g/mol. The number of thiazole rings is 1. The standard InChI is InChI=1S/C15H19BrN2OS/c1-15(2,3)12-8-20-14(18-12)13(17)10-7-9(16)5-6-11(10)19-4/h5-8,13H,17H2,1-4H3. The Kier molecular flexibility index (Phi) is 4.52. The molecule has 2 rings (SSSR count). The molecule has 5 heteroatoms. The predicted molar refractivity (Wildman–Crippen MR) is 87.5 cm³/mol. The van der Waals surface area contributed by atoms with E-state index in [1.807, 2.05) is 18.2 Å². The quantitative estimate of drug-likeness (QED) is 0.895. The van der Waals surface area contributed by atoms with Crippen LogP contribution in [-0.2, 0) is 5.41 Å². The van der Waals surface area contributed by atoms with E-state index < -0.39 is 0 Å². The fourth-order valence-electron chi connectivity index (χ4n) is 1.86. The molecule has 108 valence electrons. The second kappa shape index (κ2) is 5.84. The molecule has 1 aromatic heterocycles. The van der Waals surface area contributed by atoms with Gasteiger partial charge in [0.1, 0.15) is 10.8 Å². The summed E-state index contributed by atoms with van der Waals surface area (Å²) in [7, 11) is 1.65. The van der Waals surface area contributed by atoms with E-state index in [-0.39, 0.29) is 11.5 Å². The van der Waals surface area contributed by atoms with Gasteiger partial charge >= 0.3 is 0 Å². The van der Waals surface area contributed by atoms with Gasteiger partial charge in [-0.25, -0.2) is 4.98 Å². The number of ether oxygens (including phenoxy) is 1. The molecule has 2 aromatic rings. The lowest BCUT2D eigenvalue weighted by Gasteiger charge is -2.16. The number of nitrogens with two attached hydrogens (primary N) is 1. The minimum atomic E-state index is -0.274. The molecular weight excluding hydrogens is 336 g/mol. The summed E-state index contributed by atoms with van der Waals surface area (Å²) in [5, 5.41) is 2.99. The maximum absolute atomic E-state index is 6.37. The first-order chi connectivity index (χ1) is 9.32. The summed E-state index contributed by atoms with van der Waals surface area (Å²) in [5.41, 5.74) is 8.42. The van der Waals surface area contributed by atoms with Crippen molar-refractivity contribution < 1.29 is 4.74 Å². The zero-order valence-corrected chi connectivity index (χ0v) is 14.5. The van der Waals surface area contributed by atoms with E-state index in [4.69, 9.17) is 10.5 Å². The zero-order chi connectivity index (χ0) is 14.9. The molecule has 0 aliphatic carbocycles. The fraction of sp³-hybridized carbons (Fsp3) is 0.400. The Hall–Kier alpha value is -0.910. The van der Waals surface area contributed by atoms with Crippen molar-refractivity contribution in [1.29, 1.82) is 0 Å². The number of methoxy groups -OCH3 is 1. The Morgan fingerprint density at radius 1 is 1.35 bits per heavy atom. The predicted octanol–water partition coefficient (Wildman–Crippen LogP) is 4.26. The van der Waals surface area contributed by atoms with E-state index in [0.29, 0.717) is 0 Å². The van der Waals surface area contributed by atoms with Gasteiger partial charge in [-0.05, 0) is 18.2 Å². The van der Waals surface area contributed by atoms with E-state index in [1.165, 1.54) is 0 Å². The van der Waals surface area contributed by atoms with E-state index in [9.17, 15) is 0 Å². The van der Waals surface area contributed by atoms with Crippen LogP contribution in [0, 0.1) is 0 Å². The fourth-order valence-corrected chi connectivity index (χ4v) is 3.30. The van der Waals surface area contributed by atoms with Gasteiger partial charge in [0, 0.05) is 20.8 Å².